The summed E-state index contributed by atoms with van der Waals surface area (Å²) in [5.74, 6) is -0.0970. The number of nitrogens with one attached hydrogen (secondary N) is 1. The van der Waals surface area contributed by atoms with Gasteiger partial charge in [-0.05, 0) is 30.2 Å². The second-order valence-corrected chi connectivity index (χ2v) is 5.96. The van der Waals surface area contributed by atoms with Crippen molar-refractivity contribution in [1.29, 1.82) is 0 Å². The van der Waals surface area contributed by atoms with E-state index in [0.717, 1.165) is 11.1 Å². The van der Waals surface area contributed by atoms with Crippen LogP contribution in [-0.2, 0) is 17.9 Å². The fourth-order valence-corrected chi connectivity index (χ4v) is 2.64. The van der Waals surface area contributed by atoms with E-state index in [1.807, 2.05) is 31.2 Å². The first-order chi connectivity index (χ1) is 9.69. The van der Waals surface area contributed by atoms with Crippen LogP contribution in [0.4, 0.5) is 0 Å². The monoisotopic (exact) mass is 309 g/mol. The minimum atomic E-state index is -0.0970. The fraction of sp³-hybridized carbons (Fsp3) is 0.267. The first-order valence-electron chi connectivity index (χ1n) is 6.38. The van der Waals surface area contributed by atoms with E-state index >= 15 is 0 Å². The molecule has 106 valence electrons. The van der Waals surface area contributed by atoms with Crippen molar-refractivity contribution in [2.75, 3.05) is 6.61 Å². The van der Waals surface area contributed by atoms with Crippen LogP contribution < -0.4 is 5.32 Å². The first-order valence-corrected chi connectivity index (χ1v) is 7.57. The van der Waals surface area contributed by atoms with Gasteiger partial charge in [0.05, 0.1) is 15.8 Å². The molecular formula is C15H16ClNO2S. The number of halogens is 1. The van der Waals surface area contributed by atoms with Crippen LogP contribution in [0.15, 0.2) is 36.4 Å². The van der Waals surface area contributed by atoms with E-state index in [-0.39, 0.29) is 5.91 Å². The summed E-state index contributed by atoms with van der Waals surface area (Å²) in [5.41, 5.74) is 2.19. The summed E-state index contributed by atoms with van der Waals surface area (Å²) in [6, 6.07) is 11.5. The predicted molar refractivity (Wildman–Crippen MR) is 82.3 cm³/mol. The van der Waals surface area contributed by atoms with Crippen LogP contribution in [0, 0.1) is 0 Å². The van der Waals surface area contributed by atoms with Gasteiger partial charge in [-0.1, -0.05) is 35.9 Å². The highest BCUT2D eigenvalue weighted by molar-refractivity contribution is 7.17. The van der Waals surface area contributed by atoms with Gasteiger partial charge in [-0.3, -0.25) is 4.79 Å². The molecule has 0 saturated heterocycles. The minimum Gasteiger partial charge on any atom is -0.377 e. The summed E-state index contributed by atoms with van der Waals surface area (Å²) in [6.07, 6.45) is 0. The van der Waals surface area contributed by atoms with E-state index in [1.54, 1.807) is 12.1 Å². The van der Waals surface area contributed by atoms with Crippen molar-refractivity contribution in [3.05, 3.63) is 56.7 Å². The number of hydrogen-bond donors (Lipinski definition) is 1. The lowest BCUT2D eigenvalue weighted by atomic mass is 10.1. The molecule has 20 heavy (non-hydrogen) atoms. The van der Waals surface area contributed by atoms with Gasteiger partial charge in [0.15, 0.2) is 0 Å². The van der Waals surface area contributed by atoms with E-state index in [0.29, 0.717) is 29.0 Å². The Morgan fingerprint density at radius 2 is 1.90 bits per heavy atom. The van der Waals surface area contributed by atoms with E-state index in [4.69, 9.17) is 16.3 Å². The third-order valence-corrected chi connectivity index (χ3v) is 3.98. The number of hydrogen-bond acceptors (Lipinski definition) is 3. The zero-order chi connectivity index (χ0) is 14.4. The SMILES string of the molecule is CCOCc1ccc(CNC(=O)c2ccc(Cl)s2)cc1. The van der Waals surface area contributed by atoms with Gasteiger partial charge in [-0.25, -0.2) is 0 Å². The molecule has 1 amide bonds. The zero-order valence-electron chi connectivity index (χ0n) is 11.2. The molecule has 2 aromatic rings. The molecular weight excluding hydrogens is 294 g/mol. The van der Waals surface area contributed by atoms with Crippen molar-refractivity contribution in [3.8, 4) is 0 Å². The molecule has 0 atom stereocenters. The molecule has 0 radical (unpaired) electrons. The molecule has 0 aliphatic heterocycles. The number of carbonyl (C=O) groups is 1. The van der Waals surface area contributed by atoms with Gasteiger partial charge in [0, 0.05) is 13.2 Å². The molecule has 5 heteroatoms. The number of rotatable bonds is 6. The lowest BCUT2D eigenvalue weighted by Gasteiger charge is -2.06. The van der Waals surface area contributed by atoms with Crippen LogP contribution in [0.1, 0.15) is 27.7 Å². The van der Waals surface area contributed by atoms with Crippen LogP contribution in [0.2, 0.25) is 4.34 Å². The number of ether oxygens (including phenoxy) is 1. The molecule has 3 nitrogen and oxygen atoms in total. The molecule has 0 aliphatic carbocycles. The summed E-state index contributed by atoms with van der Waals surface area (Å²) in [7, 11) is 0. The molecule has 1 aromatic carbocycles. The molecule has 0 saturated carbocycles. The molecule has 0 bridgehead atoms. The largest absolute Gasteiger partial charge is 0.377 e. The zero-order valence-corrected chi connectivity index (χ0v) is 12.8. The first kappa shape index (κ1) is 15.0. The summed E-state index contributed by atoms with van der Waals surface area (Å²) in [6.45, 7) is 3.81. The topological polar surface area (TPSA) is 38.3 Å². The third-order valence-electron chi connectivity index (χ3n) is 2.75. The molecule has 0 spiro atoms. The molecule has 1 N–H and O–H groups in total. The van der Waals surface area contributed by atoms with Gasteiger partial charge in [-0.15, -0.1) is 11.3 Å². The summed E-state index contributed by atoms with van der Waals surface area (Å²) in [4.78, 5) is 12.5. The number of benzene rings is 1. The van der Waals surface area contributed by atoms with Crippen LogP contribution in [0.3, 0.4) is 0 Å². The maximum absolute atomic E-state index is 11.9. The van der Waals surface area contributed by atoms with E-state index in [1.165, 1.54) is 11.3 Å². The van der Waals surface area contributed by atoms with E-state index in [2.05, 4.69) is 5.32 Å². The van der Waals surface area contributed by atoms with Gasteiger partial charge >= 0.3 is 0 Å². The molecule has 1 heterocycles. The van der Waals surface area contributed by atoms with E-state index < -0.39 is 0 Å². The average Bonchev–Trinajstić information content (AvgIpc) is 2.90. The highest BCUT2D eigenvalue weighted by Crippen LogP contribution is 2.21. The Labute approximate surface area is 127 Å². The molecule has 0 unspecified atom stereocenters. The lowest BCUT2D eigenvalue weighted by Crippen LogP contribution is -2.21. The van der Waals surface area contributed by atoms with Gasteiger partial charge in [-0.2, -0.15) is 0 Å². The highest BCUT2D eigenvalue weighted by atomic mass is 35.5. The Bertz CT molecular complexity index is 566. The predicted octanol–water partition coefficient (Wildman–Crippen LogP) is 3.87. The van der Waals surface area contributed by atoms with Crippen LogP contribution in [0.5, 0.6) is 0 Å². The summed E-state index contributed by atoms with van der Waals surface area (Å²) >= 11 is 7.09. The second kappa shape index (κ2) is 7.43. The van der Waals surface area contributed by atoms with Crippen LogP contribution in [0.25, 0.3) is 0 Å². The molecule has 0 aliphatic rings. The maximum Gasteiger partial charge on any atom is 0.261 e. The van der Waals surface area contributed by atoms with E-state index in [9.17, 15) is 4.79 Å². The summed E-state index contributed by atoms with van der Waals surface area (Å²) in [5, 5.41) is 2.87. The van der Waals surface area contributed by atoms with Crippen molar-refractivity contribution in [2.45, 2.75) is 20.1 Å². The Kier molecular flexibility index (Phi) is 5.59. The van der Waals surface area contributed by atoms with Gasteiger partial charge in [0.1, 0.15) is 0 Å². The van der Waals surface area contributed by atoms with Crippen LogP contribution in [-0.4, -0.2) is 12.5 Å². The molecule has 1 aromatic heterocycles. The Balaban J connectivity index is 1.86. The van der Waals surface area contributed by atoms with Gasteiger partial charge < -0.3 is 10.1 Å². The maximum atomic E-state index is 11.9. The van der Waals surface area contributed by atoms with Crippen molar-refractivity contribution < 1.29 is 9.53 Å². The Morgan fingerprint density at radius 3 is 2.50 bits per heavy atom. The normalized spacial score (nSPS) is 10.5. The highest BCUT2D eigenvalue weighted by Gasteiger charge is 2.07. The number of amides is 1. The van der Waals surface area contributed by atoms with Crippen molar-refractivity contribution in [2.24, 2.45) is 0 Å². The van der Waals surface area contributed by atoms with Crippen LogP contribution >= 0.6 is 22.9 Å². The quantitative estimate of drug-likeness (QED) is 0.879. The van der Waals surface area contributed by atoms with Crippen molar-refractivity contribution in [1.82, 2.24) is 5.32 Å². The smallest absolute Gasteiger partial charge is 0.261 e. The Morgan fingerprint density at radius 1 is 1.20 bits per heavy atom. The van der Waals surface area contributed by atoms with Crippen molar-refractivity contribution in [3.63, 3.8) is 0 Å². The second-order valence-electron chi connectivity index (χ2n) is 4.24. The Hall–Kier alpha value is -1.36. The van der Waals surface area contributed by atoms with Gasteiger partial charge in [0.25, 0.3) is 5.91 Å². The molecule has 0 fully saturated rings. The third kappa shape index (κ3) is 4.34. The standard InChI is InChI=1S/C15H16ClNO2S/c1-2-19-10-12-5-3-11(4-6-12)9-17-15(18)13-7-8-14(16)20-13/h3-8H,2,9-10H2,1H3,(H,17,18). The fourth-order valence-electron chi connectivity index (χ4n) is 1.68. The lowest BCUT2D eigenvalue weighted by molar-refractivity contribution is 0.0955. The number of carbonyl (C=O) groups excluding carboxylic acids is 1. The summed E-state index contributed by atoms with van der Waals surface area (Å²) < 4.78 is 5.96. The number of thiophene rings is 1. The van der Waals surface area contributed by atoms with Crippen molar-refractivity contribution >= 4 is 28.8 Å². The molecule has 2 rings (SSSR count). The van der Waals surface area contributed by atoms with Gasteiger partial charge in [0.2, 0.25) is 0 Å². The minimum absolute atomic E-state index is 0.0970. The average molecular weight is 310 g/mol.